The number of benzene rings is 1. The lowest BCUT2D eigenvalue weighted by Crippen LogP contribution is -2.02. The molecule has 1 aromatic carbocycles. The second-order valence-corrected chi connectivity index (χ2v) is 3.84. The maximum atomic E-state index is 13.6. The van der Waals surface area contributed by atoms with Crippen molar-refractivity contribution < 1.29 is 8.78 Å². The third-order valence-corrected chi connectivity index (χ3v) is 2.46. The molecule has 0 radical (unpaired) electrons. The maximum Gasteiger partial charge on any atom is 0.209 e. The van der Waals surface area contributed by atoms with Crippen LogP contribution in [-0.4, -0.2) is 20.4 Å². The summed E-state index contributed by atoms with van der Waals surface area (Å²) in [6.07, 6.45) is 0. The molecular weight excluding hydrogens is 282 g/mol. The van der Waals surface area contributed by atoms with Crippen molar-refractivity contribution in [2.75, 3.05) is 0 Å². The molecule has 7 heteroatoms. The molecule has 0 unspecified atom stereocenters. The van der Waals surface area contributed by atoms with Gasteiger partial charge in [-0.05, 0) is 35.0 Å². The fourth-order valence-electron chi connectivity index (χ4n) is 1.11. The zero-order chi connectivity index (χ0) is 11.7. The first-order valence-electron chi connectivity index (χ1n) is 4.27. The minimum atomic E-state index is -0.771. The lowest BCUT2D eigenvalue weighted by Gasteiger charge is -2.03. The van der Waals surface area contributed by atoms with Crippen molar-refractivity contribution in [3.05, 3.63) is 34.1 Å². The van der Waals surface area contributed by atoms with Crippen molar-refractivity contribution >= 4 is 15.9 Å². The number of hydrogen-bond acceptors (Lipinski definition) is 4. The van der Waals surface area contributed by atoms with Gasteiger partial charge >= 0.3 is 0 Å². The van der Waals surface area contributed by atoms with Gasteiger partial charge in [0.1, 0.15) is 5.82 Å². The highest BCUT2D eigenvalue weighted by atomic mass is 79.9. The van der Waals surface area contributed by atoms with E-state index in [0.717, 1.165) is 6.07 Å². The lowest BCUT2D eigenvalue weighted by molar-refractivity contribution is 0.581. The quantitative estimate of drug-likeness (QED) is 0.755. The molecule has 1 aromatic heterocycles. The van der Waals surface area contributed by atoms with Gasteiger partial charge in [0, 0.05) is 0 Å². The van der Waals surface area contributed by atoms with E-state index in [1.54, 1.807) is 6.92 Å². The Hall–Kier alpha value is -1.50. The van der Waals surface area contributed by atoms with E-state index < -0.39 is 11.6 Å². The van der Waals surface area contributed by atoms with E-state index in [-0.39, 0.29) is 15.9 Å². The van der Waals surface area contributed by atoms with Crippen LogP contribution in [0, 0.1) is 18.6 Å². The second kappa shape index (κ2) is 4.17. The van der Waals surface area contributed by atoms with Gasteiger partial charge in [-0.25, -0.2) is 8.78 Å². The van der Waals surface area contributed by atoms with Gasteiger partial charge in [0.25, 0.3) is 0 Å². The Bertz CT molecular complexity index is 530. The van der Waals surface area contributed by atoms with Crippen LogP contribution in [0.2, 0.25) is 0 Å². The zero-order valence-corrected chi connectivity index (χ0v) is 9.66. The number of hydrogen-bond donors (Lipinski definition) is 0. The third kappa shape index (κ3) is 1.90. The van der Waals surface area contributed by atoms with Gasteiger partial charge in [-0.1, -0.05) is 0 Å². The Labute approximate surface area is 97.9 Å². The molecule has 0 atom stereocenters. The number of aryl methyl sites for hydroxylation is 1. The summed E-state index contributed by atoms with van der Waals surface area (Å²) in [5.74, 6) is -1.37. The van der Waals surface area contributed by atoms with Crippen LogP contribution >= 0.6 is 15.9 Å². The van der Waals surface area contributed by atoms with Crippen molar-refractivity contribution in [2.24, 2.45) is 0 Å². The van der Waals surface area contributed by atoms with Crippen LogP contribution in [0.4, 0.5) is 8.78 Å². The molecule has 0 aliphatic carbocycles. The smallest absolute Gasteiger partial charge is 0.206 e. The summed E-state index contributed by atoms with van der Waals surface area (Å²) in [5, 5.41) is 14.4. The molecule has 2 rings (SSSR count). The van der Waals surface area contributed by atoms with Crippen LogP contribution in [-0.2, 0) is 0 Å². The molecule has 0 aliphatic rings. The van der Waals surface area contributed by atoms with Crippen LogP contribution in [0.1, 0.15) is 5.82 Å². The summed E-state index contributed by atoms with van der Waals surface area (Å²) in [5.41, 5.74) is -0.339. The number of rotatable bonds is 1. The van der Waals surface area contributed by atoms with E-state index in [0.29, 0.717) is 5.82 Å². The highest BCUT2D eigenvalue weighted by Gasteiger charge is 2.17. The minimum absolute atomic E-state index is 0.132. The summed E-state index contributed by atoms with van der Waals surface area (Å²) in [7, 11) is 0. The molecule has 1 heterocycles. The fourth-order valence-corrected chi connectivity index (χ4v) is 1.44. The van der Waals surface area contributed by atoms with Crippen molar-refractivity contribution in [3.63, 3.8) is 0 Å². The van der Waals surface area contributed by atoms with Crippen LogP contribution < -0.4 is 0 Å². The Morgan fingerprint density at radius 2 is 1.69 bits per heavy atom. The molecule has 4 nitrogen and oxygen atoms in total. The lowest BCUT2D eigenvalue weighted by atomic mass is 10.2. The Kier molecular flexibility index (Phi) is 2.86. The summed E-state index contributed by atoms with van der Waals surface area (Å²) in [4.78, 5) is 0. The van der Waals surface area contributed by atoms with E-state index in [1.165, 1.54) is 6.07 Å². The average molecular weight is 287 g/mol. The zero-order valence-electron chi connectivity index (χ0n) is 8.08. The van der Waals surface area contributed by atoms with E-state index in [2.05, 4.69) is 36.3 Å². The van der Waals surface area contributed by atoms with E-state index in [9.17, 15) is 8.78 Å². The molecule has 0 N–H and O–H groups in total. The van der Waals surface area contributed by atoms with Gasteiger partial charge in [0.15, 0.2) is 11.6 Å². The monoisotopic (exact) mass is 286 g/mol. The molecular formula is C9H5BrF2N4. The predicted octanol–water partition coefficient (Wildman–Crippen LogP) is 2.28. The Balaban J connectivity index is 2.63. The summed E-state index contributed by atoms with van der Waals surface area (Å²) >= 11 is 2.95. The first kappa shape index (κ1) is 11.0. The van der Waals surface area contributed by atoms with Crippen LogP contribution in [0.5, 0.6) is 0 Å². The van der Waals surface area contributed by atoms with Gasteiger partial charge in [-0.2, -0.15) is 0 Å². The maximum absolute atomic E-state index is 13.6. The van der Waals surface area contributed by atoms with Gasteiger partial charge in [-0.15, -0.1) is 20.4 Å². The Morgan fingerprint density at radius 1 is 1.06 bits per heavy atom. The summed E-state index contributed by atoms with van der Waals surface area (Å²) < 4.78 is 27.2. The van der Waals surface area contributed by atoms with E-state index in [1.807, 2.05) is 0 Å². The molecule has 0 saturated carbocycles. The van der Waals surface area contributed by atoms with Crippen LogP contribution in [0.3, 0.4) is 0 Å². The normalized spacial score (nSPS) is 10.5. The van der Waals surface area contributed by atoms with Crippen molar-refractivity contribution in [1.82, 2.24) is 20.4 Å². The molecule has 0 saturated heterocycles. The molecule has 82 valence electrons. The molecule has 0 amide bonds. The topological polar surface area (TPSA) is 51.6 Å². The van der Waals surface area contributed by atoms with Gasteiger partial charge in [0.05, 0.1) is 10.0 Å². The second-order valence-electron chi connectivity index (χ2n) is 2.99. The van der Waals surface area contributed by atoms with Gasteiger partial charge < -0.3 is 0 Å². The average Bonchev–Trinajstić information content (AvgIpc) is 2.27. The van der Waals surface area contributed by atoms with Crippen molar-refractivity contribution in [3.8, 4) is 11.4 Å². The number of halogens is 3. The predicted molar refractivity (Wildman–Crippen MR) is 55.4 cm³/mol. The third-order valence-electron chi connectivity index (χ3n) is 1.85. The standard InChI is InChI=1S/C9H5BrF2N4/c1-4-13-15-9(16-14-4)7-6(11)3-2-5(10)8(7)12/h2-3H,1H3. The van der Waals surface area contributed by atoms with E-state index >= 15 is 0 Å². The Morgan fingerprint density at radius 3 is 2.31 bits per heavy atom. The molecule has 16 heavy (non-hydrogen) atoms. The SMILES string of the molecule is Cc1nnc(-c2c(F)ccc(Br)c2F)nn1. The summed E-state index contributed by atoms with van der Waals surface area (Å²) in [6, 6.07) is 2.38. The van der Waals surface area contributed by atoms with Crippen molar-refractivity contribution in [1.29, 1.82) is 0 Å². The van der Waals surface area contributed by atoms with Crippen LogP contribution in [0.25, 0.3) is 11.4 Å². The number of aromatic nitrogens is 4. The molecule has 0 spiro atoms. The summed E-state index contributed by atoms with van der Waals surface area (Å²) in [6.45, 7) is 1.58. The molecule has 2 aromatic rings. The first-order valence-corrected chi connectivity index (χ1v) is 5.07. The van der Waals surface area contributed by atoms with Crippen LogP contribution in [0.15, 0.2) is 16.6 Å². The largest absolute Gasteiger partial charge is 0.209 e. The highest BCUT2D eigenvalue weighted by Crippen LogP contribution is 2.27. The van der Waals surface area contributed by atoms with E-state index in [4.69, 9.17) is 0 Å². The van der Waals surface area contributed by atoms with Gasteiger partial charge in [0.2, 0.25) is 5.82 Å². The molecule has 0 aliphatic heterocycles. The fraction of sp³-hybridized carbons (Fsp3) is 0.111. The highest BCUT2D eigenvalue weighted by molar-refractivity contribution is 9.10. The number of nitrogens with zero attached hydrogens (tertiary/aromatic N) is 4. The molecule has 0 fully saturated rings. The van der Waals surface area contributed by atoms with Gasteiger partial charge in [-0.3, -0.25) is 0 Å². The first-order chi connectivity index (χ1) is 7.59. The van der Waals surface area contributed by atoms with Crippen molar-refractivity contribution in [2.45, 2.75) is 6.92 Å². The minimum Gasteiger partial charge on any atom is -0.206 e. The molecule has 0 bridgehead atoms.